The van der Waals surface area contributed by atoms with Gasteiger partial charge in [-0.1, -0.05) is 30.3 Å². The molecule has 0 unspecified atom stereocenters. The highest BCUT2D eigenvalue weighted by Gasteiger charge is 2.26. The van der Waals surface area contributed by atoms with E-state index in [4.69, 9.17) is 4.42 Å². The second kappa shape index (κ2) is 8.56. The first-order valence-electron chi connectivity index (χ1n) is 9.97. The minimum absolute atomic E-state index is 0.0976. The number of oxazole rings is 1. The van der Waals surface area contributed by atoms with E-state index in [0.29, 0.717) is 44.4 Å². The molecule has 7 nitrogen and oxygen atoms in total. The molecule has 2 aliphatic rings. The molecule has 2 aromatic rings. The Morgan fingerprint density at radius 1 is 1.11 bits per heavy atom. The molecule has 2 fully saturated rings. The molecule has 1 aromatic heterocycles. The van der Waals surface area contributed by atoms with Crippen LogP contribution in [-0.2, 0) is 16.0 Å². The number of benzene rings is 1. The topological polar surface area (TPSA) is 78.7 Å². The molecule has 1 N–H and O–H groups in total. The third kappa shape index (κ3) is 4.98. The van der Waals surface area contributed by atoms with Gasteiger partial charge in [0.15, 0.2) is 11.7 Å². The van der Waals surface area contributed by atoms with Crippen LogP contribution in [0.2, 0.25) is 0 Å². The van der Waals surface area contributed by atoms with Crippen LogP contribution in [0.15, 0.2) is 40.9 Å². The van der Waals surface area contributed by atoms with Gasteiger partial charge in [0.05, 0.1) is 12.7 Å². The zero-order valence-corrected chi connectivity index (χ0v) is 16.0. The first-order chi connectivity index (χ1) is 13.7. The van der Waals surface area contributed by atoms with Crippen molar-refractivity contribution in [3.8, 4) is 11.3 Å². The minimum Gasteiger partial charge on any atom is -0.441 e. The number of carbonyl (C=O) groups excluding carboxylic acids is 2. The third-order valence-electron chi connectivity index (χ3n) is 5.20. The molecule has 28 heavy (non-hydrogen) atoms. The van der Waals surface area contributed by atoms with Crippen LogP contribution in [0.5, 0.6) is 0 Å². The van der Waals surface area contributed by atoms with E-state index in [0.717, 1.165) is 37.3 Å². The number of hydrogen-bond acceptors (Lipinski definition) is 5. The fraction of sp³-hybridized carbons (Fsp3) is 0.476. The molecule has 0 radical (unpaired) electrons. The van der Waals surface area contributed by atoms with Crippen molar-refractivity contribution in [3.63, 3.8) is 0 Å². The Morgan fingerprint density at radius 2 is 1.86 bits per heavy atom. The predicted molar refractivity (Wildman–Crippen MR) is 104 cm³/mol. The number of aromatic nitrogens is 1. The summed E-state index contributed by atoms with van der Waals surface area (Å²) < 4.78 is 5.77. The Kier molecular flexibility index (Phi) is 5.71. The SMILES string of the molecule is O=C(CN1CCN(C(=O)CCc2ncc(-c3ccccc3)o2)CC1)NC1CC1. The van der Waals surface area contributed by atoms with Crippen LogP contribution < -0.4 is 5.32 Å². The van der Waals surface area contributed by atoms with Crippen molar-refractivity contribution in [2.45, 2.75) is 31.7 Å². The van der Waals surface area contributed by atoms with Crippen molar-refractivity contribution in [2.24, 2.45) is 0 Å². The van der Waals surface area contributed by atoms with Gasteiger partial charge in [0.25, 0.3) is 0 Å². The Labute approximate surface area is 164 Å². The minimum atomic E-state index is 0.0976. The molecular weight excluding hydrogens is 356 g/mol. The highest BCUT2D eigenvalue weighted by molar-refractivity contribution is 5.79. The lowest BCUT2D eigenvalue weighted by Crippen LogP contribution is -2.51. The summed E-state index contributed by atoms with van der Waals surface area (Å²) >= 11 is 0. The molecule has 0 atom stereocenters. The average molecular weight is 382 g/mol. The maximum atomic E-state index is 12.5. The first-order valence-corrected chi connectivity index (χ1v) is 9.97. The van der Waals surface area contributed by atoms with Gasteiger partial charge >= 0.3 is 0 Å². The Hall–Kier alpha value is -2.67. The molecule has 0 spiro atoms. The normalized spacial score (nSPS) is 17.5. The van der Waals surface area contributed by atoms with Gasteiger partial charge in [-0.05, 0) is 12.8 Å². The van der Waals surface area contributed by atoms with E-state index < -0.39 is 0 Å². The van der Waals surface area contributed by atoms with Gasteiger partial charge in [0, 0.05) is 50.6 Å². The molecular formula is C21H26N4O3. The zero-order valence-electron chi connectivity index (χ0n) is 16.0. The fourth-order valence-corrected chi connectivity index (χ4v) is 3.39. The van der Waals surface area contributed by atoms with Gasteiger partial charge in [0.2, 0.25) is 11.8 Å². The zero-order chi connectivity index (χ0) is 19.3. The number of rotatable bonds is 7. The van der Waals surface area contributed by atoms with Gasteiger partial charge in [-0.25, -0.2) is 4.98 Å². The van der Waals surface area contributed by atoms with Crippen molar-refractivity contribution >= 4 is 11.8 Å². The summed E-state index contributed by atoms with van der Waals surface area (Å²) in [6.45, 7) is 3.23. The van der Waals surface area contributed by atoms with Gasteiger partial charge in [-0.2, -0.15) is 0 Å². The summed E-state index contributed by atoms with van der Waals surface area (Å²) in [5.74, 6) is 1.52. The number of piperazine rings is 1. The first kappa shape index (κ1) is 18.7. The second-order valence-electron chi connectivity index (χ2n) is 7.48. The maximum Gasteiger partial charge on any atom is 0.234 e. The van der Waals surface area contributed by atoms with Gasteiger partial charge < -0.3 is 14.6 Å². The number of nitrogens with one attached hydrogen (secondary N) is 1. The highest BCUT2D eigenvalue weighted by atomic mass is 16.4. The van der Waals surface area contributed by atoms with Crippen LogP contribution in [0.25, 0.3) is 11.3 Å². The Balaban J connectivity index is 1.19. The lowest BCUT2D eigenvalue weighted by atomic mass is 10.2. The lowest BCUT2D eigenvalue weighted by Gasteiger charge is -2.34. The van der Waals surface area contributed by atoms with E-state index in [2.05, 4.69) is 15.2 Å². The highest BCUT2D eigenvalue weighted by Crippen LogP contribution is 2.20. The van der Waals surface area contributed by atoms with Crippen LogP contribution in [0.1, 0.15) is 25.2 Å². The van der Waals surface area contributed by atoms with E-state index in [1.165, 1.54) is 0 Å². The average Bonchev–Trinajstić information content (AvgIpc) is 3.40. The maximum absolute atomic E-state index is 12.5. The Morgan fingerprint density at radius 3 is 2.57 bits per heavy atom. The van der Waals surface area contributed by atoms with E-state index >= 15 is 0 Å². The monoisotopic (exact) mass is 382 g/mol. The molecule has 1 aliphatic carbocycles. The molecule has 2 amide bonds. The fourth-order valence-electron chi connectivity index (χ4n) is 3.39. The molecule has 1 aliphatic heterocycles. The number of amides is 2. The summed E-state index contributed by atoms with van der Waals surface area (Å²) in [4.78, 5) is 32.7. The Bertz CT molecular complexity index is 808. The molecule has 2 heterocycles. The standard InChI is InChI=1S/C21H26N4O3/c26-19(23-17-6-7-17)15-24-10-12-25(13-11-24)21(27)9-8-20-22-14-18(28-20)16-4-2-1-3-5-16/h1-5,14,17H,6-13,15H2,(H,23,26). The van der Waals surface area contributed by atoms with E-state index in [9.17, 15) is 9.59 Å². The molecule has 7 heteroatoms. The van der Waals surface area contributed by atoms with Crippen LogP contribution in [0.3, 0.4) is 0 Å². The summed E-state index contributed by atoms with van der Waals surface area (Å²) in [5, 5.41) is 3.01. The van der Waals surface area contributed by atoms with E-state index in [-0.39, 0.29) is 11.8 Å². The molecule has 1 saturated heterocycles. The molecule has 1 saturated carbocycles. The van der Waals surface area contributed by atoms with Crippen LogP contribution in [0, 0.1) is 0 Å². The number of carbonyl (C=O) groups is 2. The second-order valence-corrected chi connectivity index (χ2v) is 7.48. The van der Waals surface area contributed by atoms with Crippen LogP contribution in [-0.4, -0.2) is 65.4 Å². The van der Waals surface area contributed by atoms with Crippen molar-refractivity contribution in [1.82, 2.24) is 20.1 Å². The number of hydrogen-bond donors (Lipinski definition) is 1. The summed E-state index contributed by atoms with van der Waals surface area (Å²) in [6, 6.07) is 10.2. The summed E-state index contributed by atoms with van der Waals surface area (Å²) in [5.41, 5.74) is 0.981. The predicted octanol–water partition coefficient (Wildman–Crippen LogP) is 1.70. The van der Waals surface area contributed by atoms with Crippen molar-refractivity contribution in [3.05, 3.63) is 42.4 Å². The summed E-state index contributed by atoms with van der Waals surface area (Å²) in [7, 11) is 0. The smallest absolute Gasteiger partial charge is 0.234 e. The van der Waals surface area contributed by atoms with Gasteiger partial charge in [-0.3, -0.25) is 14.5 Å². The van der Waals surface area contributed by atoms with Gasteiger partial charge in [0.1, 0.15) is 0 Å². The molecule has 148 valence electrons. The lowest BCUT2D eigenvalue weighted by molar-refractivity contribution is -0.133. The van der Waals surface area contributed by atoms with Crippen LogP contribution >= 0.6 is 0 Å². The van der Waals surface area contributed by atoms with E-state index in [1.54, 1.807) is 6.20 Å². The van der Waals surface area contributed by atoms with Crippen molar-refractivity contribution in [2.75, 3.05) is 32.7 Å². The van der Waals surface area contributed by atoms with Crippen molar-refractivity contribution in [1.29, 1.82) is 0 Å². The largest absolute Gasteiger partial charge is 0.441 e. The van der Waals surface area contributed by atoms with Crippen LogP contribution in [0.4, 0.5) is 0 Å². The van der Waals surface area contributed by atoms with Gasteiger partial charge in [-0.15, -0.1) is 0 Å². The summed E-state index contributed by atoms with van der Waals surface area (Å²) in [6.07, 6.45) is 4.80. The number of nitrogens with zero attached hydrogens (tertiary/aromatic N) is 3. The number of aryl methyl sites for hydroxylation is 1. The quantitative estimate of drug-likeness (QED) is 0.789. The van der Waals surface area contributed by atoms with E-state index in [1.807, 2.05) is 35.2 Å². The molecule has 4 rings (SSSR count). The van der Waals surface area contributed by atoms with Crippen molar-refractivity contribution < 1.29 is 14.0 Å². The third-order valence-corrected chi connectivity index (χ3v) is 5.20. The molecule has 0 bridgehead atoms. The molecule has 1 aromatic carbocycles.